The number of carboxylic acids is 1. The van der Waals surface area contributed by atoms with E-state index in [9.17, 15) is 9.90 Å². The van der Waals surface area contributed by atoms with Crippen LogP contribution in [0.25, 0.3) is 0 Å². The van der Waals surface area contributed by atoms with Gasteiger partial charge in [0.15, 0.2) is 0 Å². The zero-order valence-corrected chi connectivity index (χ0v) is 10.0. The van der Waals surface area contributed by atoms with E-state index >= 15 is 0 Å². The summed E-state index contributed by atoms with van der Waals surface area (Å²) >= 11 is 11.6. The Morgan fingerprint density at radius 3 is 2.75 bits per heavy atom. The predicted molar refractivity (Wildman–Crippen MR) is 60.7 cm³/mol. The largest absolute Gasteiger partial charge is 0.545 e. The number of rotatable bonds is 4. The summed E-state index contributed by atoms with van der Waals surface area (Å²) in [6.45, 7) is 1.54. The van der Waals surface area contributed by atoms with Gasteiger partial charge >= 0.3 is 0 Å². The molecule has 5 heteroatoms. The van der Waals surface area contributed by atoms with Crippen molar-refractivity contribution in [2.45, 2.75) is 6.92 Å². The van der Waals surface area contributed by atoms with Crippen molar-refractivity contribution >= 4 is 29.2 Å². The average molecular weight is 260 g/mol. The lowest BCUT2D eigenvalue weighted by Gasteiger charge is -2.07. The first-order valence-electron chi connectivity index (χ1n) is 4.46. The molecule has 0 aliphatic rings. The Labute approximate surface area is 103 Å². The van der Waals surface area contributed by atoms with Crippen LogP contribution >= 0.6 is 23.2 Å². The van der Waals surface area contributed by atoms with Crippen LogP contribution < -0.4 is 9.84 Å². The smallest absolute Gasteiger partial charge is 0.138 e. The Morgan fingerprint density at radius 2 is 2.19 bits per heavy atom. The number of carboxylic acid groups (broad SMARTS) is 1. The average Bonchev–Trinajstić information content (AvgIpc) is 2.20. The van der Waals surface area contributed by atoms with Gasteiger partial charge in [-0.2, -0.15) is 0 Å². The van der Waals surface area contributed by atoms with E-state index in [4.69, 9.17) is 27.9 Å². The summed E-state index contributed by atoms with van der Waals surface area (Å²) in [5.41, 5.74) is 0.116. The standard InChI is InChI=1S/C11H10Cl2O3/c1-7(11(14)15)4-5-16-10-3-2-8(12)6-9(10)13/h2-4,6H,5H2,1H3,(H,14,15)/p-1/b7-4+. The molecule has 0 unspecified atom stereocenters. The van der Waals surface area contributed by atoms with Crippen molar-refractivity contribution in [3.05, 3.63) is 39.9 Å². The van der Waals surface area contributed by atoms with Crippen LogP contribution in [-0.2, 0) is 4.79 Å². The Hall–Kier alpha value is -1.19. The summed E-state index contributed by atoms with van der Waals surface area (Å²) in [6, 6.07) is 4.80. The van der Waals surface area contributed by atoms with Crippen LogP contribution in [0.2, 0.25) is 10.0 Å². The van der Waals surface area contributed by atoms with Crippen LogP contribution in [0, 0.1) is 0 Å². The summed E-state index contributed by atoms with van der Waals surface area (Å²) in [6.07, 6.45) is 1.40. The van der Waals surface area contributed by atoms with Crippen molar-refractivity contribution in [1.29, 1.82) is 0 Å². The van der Waals surface area contributed by atoms with Gasteiger partial charge in [0.25, 0.3) is 0 Å². The molecule has 0 aliphatic carbocycles. The van der Waals surface area contributed by atoms with Crippen molar-refractivity contribution in [1.82, 2.24) is 0 Å². The van der Waals surface area contributed by atoms with Crippen molar-refractivity contribution < 1.29 is 14.6 Å². The highest BCUT2D eigenvalue weighted by molar-refractivity contribution is 6.35. The van der Waals surface area contributed by atoms with Gasteiger partial charge in [-0.3, -0.25) is 0 Å². The van der Waals surface area contributed by atoms with Gasteiger partial charge in [0.05, 0.1) is 11.0 Å². The van der Waals surface area contributed by atoms with Crippen molar-refractivity contribution in [3.8, 4) is 5.75 Å². The molecule has 0 atom stereocenters. The molecule has 0 fully saturated rings. The topological polar surface area (TPSA) is 49.4 Å². The molecule has 1 aromatic rings. The maximum absolute atomic E-state index is 10.4. The van der Waals surface area contributed by atoms with E-state index in [0.29, 0.717) is 15.8 Å². The van der Waals surface area contributed by atoms with Gasteiger partial charge in [-0.15, -0.1) is 0 Å². The molecule has 0 saturated carbocycles. The Morgan fingerprint density at radius 1 is 1.50 bits per heavy atom. The molecule has 1 aromatic carbocycles. The van der Waals surface area contributed by atoms with Gasteiger partial charge in [0.2, 0.25) is 0 Å². The van der Waals surface area contributed by atoms with E-state index in [2.05, 4.69) is 0 Å². The van der Waals surface area contributed by atoms with Crippen molar-refractivity contribution in [2.75, 3.05) is 6.61 Å². The molecule has 86 valence electrons. The van der Waals surface area contributed by atoms with Crippen LogP contribution in [-0.4, -0.2) is 12.6 Å². The number of carbonyl (C=O) groups is 1. The molecule has 16 heavy (non-hydrogen) atoms. The van der Waals surface area contributed by atoms with Gasteiger partial charge in [-0.25, -0.2) is 0 Å². The third-order valence-electron chi connectivity index (χ3n) is 1.84. The van der Waals surface area contributed by atoms with Gasteiger partial charge in [0.1, 0.15) is 12.4 Å². The molecule has 0 saturated heterocycles. The van der Waals surface area contributed by atoms with Crippen molar-refractivity contribution in [3.63, 3.8) is 0 Å². The fourth-order valence-corrected chi connectivity index (χ4v) is 1.40. The van der Waals surface area contributed by atoms with Gasteiger partial charge < -0.3 is 14.6 Å². The fourth-order valence-electron chi connectivity index (χ4n) is 0.932. The molecule has 0 spiro atoms. The van der Waals surface area contributed by atoms with E-state index in [1.54, 1.807) is 18.2 Å². The lowest BCUT2D eigenvalue weighted by Crippen LogP contribution is -2.23. The summed E-state index contributed by atoms with van der Waals surface area (Å²) in [7, 11) is 0. The minimum atomic E-state index is -1.22. The molecule has 0 bridgehead atoms. The number of halogens is 2. The van der Waals surface area contributed by atoms with Gasteiger partial charge in [-0.1, -0.05) is 23.2 Å². The summed E-state index contributed by atoms with van der Waals surface area (Å²) in [4.78, 5) is 10.4. The van der Waals surface area contributed by atoms with Crippen molar-refractivity contribution in [2.24, 2.45) is 0 Å². The second-order valence-corrected chi connectivity index (χ2v) is 3.90. The summed E-state index contributed by atoms with van der Waals surface area (Å²) < 4.78 is 5.25. The highest BCUT2D eigenvalue weighted by atomic mass is 35.5. The third-order valence-corrected chi connectivity index (χ3v) is 2.37. The second kappa shape index (κ2) is 5.77. The van der Waals surface area contributed by atoms with Crippen LogP contribution in [0.15, 0.2) is 29.8 Å². The Bertz CT molecular complexity index is 427. The molecular weight excluding hydrogens is 251 g/mol. The number of carbonyl (C=O) groups excluding carboxylic acids is 1. The Kier molecular flexibility index (Phi) is 4.65. The number of hydrogen-bond donors (Lipinski definition) is 0. The zero-order chi connectivity index (χ0) is 12.1. The van der Waals surface area contributed by atoms with E-state index in [-0.39, 0.29) is 12.2 Å². The molecule has 0 aromatic heterocycles. The summed E-state index contributed by atoms with van der Waals surface area (Å²) in [5, 5.41) is 11.3. The maximum Gasteiger partial charge on any atom is 0.138 e. The Balaban J connectivity index is 2.62. The van der Waals surface area contributed by atoms with Crippen LogP contribution in [0.1, 0.15) is 6.92 Å². The first-order chi connectivity index (χ1) is 7.50. The lowest BCUT2D eigenvalue weighted by molar-refractivity contribution is -0.299. The predicted octanol–water partition coefficient (Wildman–Crippen LogP) is 2.07. The van der Waals surface area contributed by atoms with E-state index in [1.807, 2.05) is 0 Å². The number of aliphatic carboxylic acids is 1. The number of hydrogen-bond acceptors (Lipinski definition) is 3. The van der Waals surface area contributed by atoms with Crippen LogP contribution in [0.5, 0.6) is 5.75 Å². The minimum absolute atomic E-state index is 0.112. The molecule has 0 N–H and O–H groups in total. The van der Waals surface area contributed by atoms with Gasteiger partial charge in [0, 0.05) is 5.02 Å². The quantitative estimate of drug-likeness (QED) is 0.778. The minimum Gasteiger partial charge on any atom is -0.545 e. The van der Waals surface area contributed by atoms with Crippen LogP contribution in [0.4, 0.5) is 0 Å². The molecule has 0 amide bonds. The van der Waals surface area contributed by atoms with E-state index in [0.717, 1.165) is 0 Å². The zero-order valence-electron chi connectivity index (χ0n) is 8.50. The first-order valence-corrected chi connectivity index (χ1v) is 5.22. The normalized spacial score (nSPS) is 11.3. The monoisotopic (exact) mass is 259 g/mol. The first kappa shape index (κ1) is 12.9. The number of ether oxygens (including phenoxy) is 1. The number of benzene rings is 1. The summed E-state index contributed by atoms with van der Waals surface area (Å²) in [5.74, 6) is -0.765. The van der Waals surface area contributed by atoms with Gasteiger partial charge in [-0.05, 0) is 36.8 Å². The second-order valence-electron chi connectivity index (χ2n) is 3.06. The molecule has 1 rings (SSSR count). The molecule has 0 heterocycles. The molecule has 0 aliphatic heterocycles. The van der Waals surface area contributed by atoms with Crippen LogP contribution in [0.3, 0.4) is 0 Å². The lowest BCUT2D eigenvalue weighted by atomic mass is 10.3. The highest BCUT2D eigenvalue weighted by Gasteiger charge is 2.01. The SMILES string of the molecule is C/C(=C\COc1ccc(Cl)cc1Cl)C(=O)[O-]. The highest BCUT2D eigenvalue weighted by Crippen LogP contribution is 2.27. The molecular formula is C11H9Cl2O3-. The fraction of sp³-hybridized carbons (Fsp3) is 0.182. The third kappa shape index (κ3) is 3.76. The molecule has 3 nitrogen and oxygen atoms in total. The molecule has 0 radical (unpaired) electrons. The van der Waals surface area contributed by atoms with E-state index in [1.165, 1.54) is 13.0 Å². The maximum atomic E-state index is 10.4. The van der Waals surface area contributed by atoms with E-state index < -0.39 is 5.97 Å².